The molecule has 0 aliphatic carbocycles. The lowest BCUT2D eigenvalue weighted by molar-refractivity contribution is -0.157. The first-order valence-corrected chi connectivity index (χ1v) is 10.4. The second-order valence-corrected chi connectivity index (χ2v) is 7.95. The number of rotatable bonds is 6. The quantitative estimate of drug-likeness (QED) is 0.676. The fourth-order valence-electron chi connectivity index (χ4n) is 3.53. The maximum Gasteiger partial charge on any atom is 0.312 e. The van der Waals surface area contributed by atoms with Gasteiger partial charge in [0.05, 0.1) is 5.92 Å². The minimum atomic E-state index is -1.03. The van der Waals surface area contributed by atoms with Crippen LogP contribution in [0.5, 0.6) is 0 Å². The third-order valence-electron chi connectivity index (χ3n) is 5.46. The number of nitrogens with zero attached hydrogens (tertiary/aromatic N) is 1. The number of hydrogen-bond donors (Lipinski definition) is 2. The number of carbonyl (C=O) groups is 4. The number of ether oxygens (including phenoxy) is 1. The molecule has 1 aliphatic rings. The number of amides is 3. The van der Waals surface area contributed by atoms with Crippen molar-refractivity contribution in [3.63, 3.8) is 0 Å². The van der Waals surface area contributed by atoms with E-state index in [1.165, 1.54) is 13.8 Å². The standard InChI is InChI=1S/C24H27N3O5/c1-14-6-5-7-21(15(14)2)27-13-18(12-22(27)29)24(31)32-16(3)23(30)26-20-10-8-19(9-11-20)25-17(4)28/h5-11,16,18H,12-13H2,1-4H3,(H,25,28)(H,26,30)/t16-,18-/m1/s1. The van der Waals surface area contributed by atoms with Gasteiger partial charge in [-0.3, -0.25) is 19.2 Å². The van der Waals surface area contributed by atoms with Crippen LogP contribution in [0.15, 0.2) is 42.5 Å². The van der Waals surface area contributed by atoms with E-state index < -0.39 is 23.9 Å². The van der Waals surface area contributed by atoms with Crippen molar-refractivity contribution in [2.75, 3.05) is 22.1 Å². The summed E-state index contributed by atoms with van der Waals surface area (Å²) in [4.78, 5) is 50.2. The maximum atomic E-state index is 12.6. The average Bonchev–Trinajstić information content (AvgIpc) is 3.12. The molecule has 0 spiro atoms. The van der Waals surface area contributed by atoms with Crippen molar-refractivity contribution in [3.8, 4) is 0 Å². The number of nitrogens with one attached hydrogen (secondary N) is 2. The normalized spacial score (nSPS) is 16.4. The second kappa shape index (κ2) is 9.64. The lowest BCUT2D eigenvalue weighted by Gasteiger charge is -2.20. The summed E-state index contributed by atoms with van der Waals surface area (Å²) in [5, 5.41) is 5.31. The fourth-order valence-corrected chi connectivity index (χ4v) is 3.53. The van der Waals surface area contributed by atoms with Crippen molar-refractivity contribution in [1.29, 1.82) is 0 Å². The molecular weight excluding hydrogens is 410 g/mol. The van der Waals surface area contributed by atoms with Crippen LogP contribution in [-0.4, -0.2) is 36.3 Å². The van der Waals surface area contributed by atoms with Crippen molar-refractivity contribution in [3.05, 3.63) is 53.6 Å². The zero-order chi connectivity index (χ0) is 23.4. The Bertz CT molecular complexity index is 1050. The number of esters is 1. The molecule has 1 aliphatic heterocycles. The molecule has 3 amide bonds. The predicted octanol–water partition coefficient (Wildman–Crippen LogP) is 3.19. The second-order valence-electron chi connectivity index (χ2n) is 7.95. The molecule has 1 saturated heterocycles. The number of anilines is 3. The lowest BCUT2D eigenvalue weighted by Crippen LogP contribution is -2.33. The van der Waals surface area contributed by atoms with Crippen LogP contribution >= 0.6 is 0 Å². The summed E-state index contributed by atoms with van der Waals surface area (Å²) in [6.45, 7) is 7.03. The first-order chi connectivity index (χ1) is 15.2. The molecule has 8 nitrogen and oxygen atoms in total. The number of aryl methyl sites for hydroxylation is 1. The predicted molar refractivity (Wildman–Crippen MR) is 121 cm³/mol. The summed E-state index contributed by atoms with van der Waals surface area (Å²) in [7, 11) is 0. The van der Waals surface area contributed by atoms with Gasteiger partial charge in [-0.15, -0.1) is 0 Å². The smallest absolute Gasteiger partial charge is 0.312 e. The van der Waals surface area contributed by atoms with Gasteiger partial charge in [0.15, 0.2) is 6.10 Å². The summed E-state index contributed by atoms with van der Waals surface area (Å²) in [6.07, 6.45) is -0.979. The summed E-state index contributed by atoms with van der Waals surface area (Å²) < 4.78 is 5.34. The molecule has 8 heteroatoms. The largest absolute Gasteiger partial charge is 0.452 e. The summed E-state index contributed by atoms with van der Waals surface area (Å²) in [5.41, 5.74) is 3.96. The Kier molecular flexibility index (Phi) is 6.92. The average molecular weight is 437 g/mol. The summed E-state index contributed by atoms with van der Waals surface area (Å²) >= 11 is 0. The molecule has 0 saturated carbocycles. The molecule has 2 aromatic rings. The SMILES string of the molecule is CC(=O)Nc1ccc(NC(=O)[C@@H](C)OC(=O)[C@@H]2CC(=O)N(c3cccc(C)c3C)C2)cc1. The first-order valence-electron chi connectivity index (χ1n) is 10.4. The number of carbonyl (C=O) groups excluding carboxylic acids is 4. The molecule has 2 N–H and O–H groups in total. The van der Waals surface area contributed by atoms with Gasteiger partial charge in [0.2, 0.25) is 11.8 Å². The summed E-state index contributed by atoms with van der Waals surface area (Å²) in [6, 6.07) is 12.3. The fraction of sp³-hybridized carbons (Fsp3) is 0.333. The van der Waals surface area contributed by atoms with Gasteiger partial charge in [0.1, 0.15) is 0 Å². The molecule has 2 atom stereocenters. The van der Waals surface area contributed by atoms with E-state index in [1.54, 1.807) is 29.2 Å². The van der Waals surface area contributed by atoms with Gasteiger partial charge in [-0.1, -0.05) is 12.1 Å². The van der Waals surface area contributed by atoms with Gasteiger partial charge in [-0.05, 0) is 62.2 Å². The Labute approximate surface area is 186 Å². The van der Waals surface area contributed by atoms with E-state index >= 15 is 0 Å². The topological polar surface area (TPSA) is 105 Å². The molecule has 0 aromatic heterocycles. The molecule has 1 fully saturated rings. The van der Waals surface area contributed by atoms with Crippen molar-refractivity contribution in [2.45, 2.75) is 40.2 Å². The van der Waals surface area contributed by atoms with E-state index in [0.717, 1.165) is 16.8 Å². The Morgan fingerprint density at radius 1 is 1.03 bits per heavy atom. The highest BCUT2D eigenvalue weighted by Crippen LogP contribution is 2.30. The molecular formula is C24H27N3O5. The van der Waals surface area contributed by atoms with Crippen LogP contribution in [0.4, 0.5) is 17.1 Å². The maximum absolute atomic E-state index is 12.6. The Hall–Kier alpha value is -3.68. The van der Waals surface area contributed by atoms with Crippen LogP contribution < -0.4 is 15.5 Å². The van der Waals surface area contributed by atoms with Gasteiger partial charge in [0.25, 0.3) is 5.91 Å². The van der Waals surface area contributed by atoms with Crippen LogP contribution in [0.3, 0.4) is 0 Å². The molecule has 0 radical (unpaired) electrons. The zero-order valence-electron chi connectivity index (χ0n) is 18.6. The van der Waals surface area contributed by atoms with Crippen molar-refractivity contribution >= 4 is 40.8 Å². The molecule has 1 heterocycles. The van der Waals surface area contributed by atoms with E-state index in [0.29, 0.717) is 11.4 Å². The van der Waals surface area contributed by atoms with Gasteiger partial charge in [0, 0.05) is 37.0 Å². The highest BCUT2D eigenvalue weighted by Gasteiger charge is 2.37. The third kappa shape index (κ3) is 5.32. The molecule has 3 rings (SSSR count). The Balaban J connectivity index is 1.57. The van der Waals surface area contributed by atoms with Gasteiger partial charge in [-0.25, -0.2) is 0 Å². The van der Waals surface area contributed by atoms with Crippen molar-refractivity contribution < 1.29 is 23.9 Å². The van der Waals surface area contributed by atoms with Crippen molar-refractivity contribution in [2.24, 2.45) is 5.92 Å². The highest BCUT2D eigenvalue weighted by atomic mass is 16.5. The molecule has 2 aromatic carbocycles. The minimum Gasteiger partial charge on any atom is -0.452 e. The van der Waals surface area contributed by atoms with E-state index in [-0.39, 0.29) is 24.8 Å². The van der Waals surface area contributed by atoms with Crippen LogP contribution in [-0.2, 0) is 23.9 Å². The van der Waals surface area contributed by atoms with Gasteiger partial charge in [-0.2, -0.15) is 0 Å². The van der Waals surface area contributed by atoms with Gasteiger partial charge >= 0.3 is 5.97 Å². The summed E-state index contributed by atoms with van der Waals surface area (Å²) in [5.74, 6) is -2.02. The van der Waals surface area contributed by atoms with Crippen LogP contribution in [0.2, 0.25) is 0 Å². The zero-order valence-corrected chi connectivity index (χ0v) is 18.6. The molecule has 32 heavy (non-hydrogen) atoms. The van der Waals surface area contributed by atoms with E-state index in [9.17, 15) is 19.2 Å². The van der Waals surface area contributed by atoms with Crippen LogP contribution in [0, 0.1) is 19.8 Å². The Morgan fingerprint density at radius 2 is 1.66 bits per heavy atom. The minimum absolute atomic E-state index is 0.0468. The monoisotopic (exact) mass is 437 g/mol. The molecule has 0 unspecified atom stereocenters. The first kappa shape index (κ1) is 23.0. The lowest BCUT2D eigenvalue weighted by atomic mass is 10.1. The molecule has 0 bridgehead atoms. The van der Waals surface area contributed by atoms with E-state index in [1.807, 2.05) is 32.0 Å². The van der Waals surface area contributed by atoms with Crippen LogP contribution in [0.25, 0.3) is 0 Å². The number of benzene rings is 2. The van der Waals surface area contributed by atoms with Crippen LogP contribution in [0.1, 0.15) is 31.4 Å². The van der Waals surface area contributed by atoms with Gasteiger partial charge < -0.3 is 20.3 Å². The third-order valence-corrected chi connectivity index (χ3v) is 5.46. The van der Waals surface area contributed by atoms with E-state index in [4.69, 9.17) is 4.74 Å². The van der Waals surface area contributed by atoms with E-state index in [2.05, 4.69) is 10.6 Å². The Morgan fingerprint density at radius 3 is 2.28 bits per heavy atom. The molecule has 168 valence electrons. The number of hydrogen-bond acceptors (Lipinski definition) is 5. The van der Waals surface area contributed by atoms with Crippen molar-refractivity contribution in [1.82, 2.24) is 0 Å². The highest BCUT2D eigenvalue weighted by molar-refractivity contribution is 6.01.